The minimum Gasteiger partial charge on any atom is -0.330 e. The van der Waals surface area contributed by atoms with E-state index < -0.39 is 0 Å². The molecule has 0 amide bonds. The molecule has 2 rings (SSSR count). The summed E-state index contributed by atoms with van der Waals surface area (Å²) in [6.07, 6.45) is 4.40. The van der Waals surface area contributed by atoms with Gasteiger partial charge < -0.3 is 5.73 Å². The molecule has 1 aromatic rings. The summed E-state index contributed by atoms with van der Waals surface area (Å²) in [5.74, 6) is -0.311. The first-order valence-electron chi connectivity index (χ1n) is 5.71. The van der Waals surface area contributed by atoms with Crippen molar-refractivity contribution in [1.82, 2.24) is 0 Å². The van der Waals surface area contributed by atoms with Gasteiger partial charge in [-0.25, -0.2) is 4.39 Å². The normalized spacial score (nSPS) is 17.5. The number of aryl methyl sites for hydroxylation is 2. The third kappa shape index (κ3) is 2.38. The third-order valence-corrected chi connectivity index (χ3v) is 4.08. The Hall–Kier alpha value is -0.600. The summed E-state index contributed by atoms with van der Waals surface area (Å²) in [6, 6.07) is 3.51. The van der Waals surface area contributed by atoms with Gasteiger partial charge in [-0.05, 0) is 61.8 Å². The average Bonchev–Trinajstić information content (AvgIpc) is 3.03. The number of nitrogens with two attached hydrogens (primary N) is 1. The van der Waals surface area contributed by atoms with Crippen LogP contribution in [0.5, 0.6) is 0 Å². The number of benzene rings is 1. The Morgan fingerprint density at radius 1 is 1.44 bits per heavy atom. The fourth-order valence-electron chi connectivity index (χ4n) is 2.08. The SMILES string of the molecule is Cc1cc(CCC2(CN)CC2)cc(F)c1Cl. The molecule has 0 heterocycles. The predicted molar refractivity (Wildman–Crippen MR) is 65.2 cm³/mol. The molecule has 0 saturated heterocycles. The van der Waals surface area contributed by atoms with Gasteiger partial charge >= 0.3 is 0 Å². The van der Waals surface area contributed by atoms with E-state index in [0.717, 1.165) is 30.5 Å². The quantitative estimate of drug-likeness (QED) is 0.859. The van der Waals surface area contributed by atoms with Gasteiger partial charge in [0, 0.05) is 0 Å². The first-order chi connectivity index (χ1) is 7.56. The molecule has 1 fully saturated rings. The number of rotatable bonds is 4. The van der Waals surface area contributed by atoms with Crippen LogP contribution in [-0.4, -0.2) is 6.54 Å². The van der Waals surface area contributed by atoms with E-state index in [4.69, 9.17) is 17.3 Å². The monoisotopic (exact) mass is 241 g/mol. The maximum Gasteiger partial charge on any atom is 0.142 e. The van der Waals surface area contributed by atoms with Crippen LogP contribution in [0.15, 0.2) is 12.1 Å². The molecule has 0 atom stereocenters. The highest BCUT2D eigenvalue weighted by atomic mass is 35.5. The summed E-state index contributed by atoms with van der Waals surface area (Å²) >= 11 is 5.78. The van der Waals surface area contributed by atoms with Gasteiger partial charge in [-0.2, -0.15) is 0 Å². The lowest BCUT2D eigenvalue weighted by atomic mass is 9.96. The molecule has 16 heavy (non-hydrogen) atoms. The Bertz CT molecular complexity index is 376. The van der Waals surface area contributed by atoms with Crippen molar-refractivity contribution in [3.05, 3.63) is 34.1 Å². The van der Waals surface area contributed by atoms with Gasteiger partial charge in [0.2, 0.25) is 0 Å². The van der Waals surface area contributed by atoms with Gasteiger partial charge in [0.25, 0.3) is 0 Å². The Morgan fingerprint density at radius 3 is 2.62 bits per heavy atom. The van der Waals surface area contributed by atoms with E-state index in [9.17, 15) is 4.39 Å². The molecule has 0 aliphatic heterocycles. The van der Waals surface area contributed by atoms with Crippen LogP contribution >= 0.6 is 11.6 Å². The highest BCUT2D eigenvalue weighted by Crippen LogP contribution is 2.48. The minimum atomic E-state index is -0.311. The van der Waals surface area contributed by atoms with Crippen molar-refractivity contribution in [3.63, 3.8) is 0 Å². The molecular weight excluding hydrogens is 225 g/mol. The van der Waals surface area contributed by atoms with Crippen LogP contribution < -0.4 is 5.73 Å². The summed E-state index contributed by atoms with van der Waals surface area (Å²) in [5.41, 5.74) is 7.91. The van der Waals surface area contributed by atoms with E-state index in [1.165, 1.54) is 12.8 Å². The van der Waals surface area contributed by atoms with Crippen molar-refractivity contribution in [2.75, 3.05) is 6.54 Å². The molecule has 0 radical (unpaired) electrons. The van der Waals surface area contributed by atoms with Gasteiger partial charge in [0.1, 0.15) is 5.82 Å². The molecule has 1 aliphatic rings. The highest BCUT2D eigenvalue weighted by Gasteiger charge is 2.40. The lowest BCUT2D eigenvalue weighted by molar-refractivity contribution is 0.478. The molecule has 88 valence electrons. The van der Waals surface area contributed by atoms with Gasteiger partial charge in [-0.3, -0.25) is 0 Å². The largest absolute Gasteiger partial charge is 0.330 e. The number of hydrogen-bond acceptors (Lipinski definition) is 1. The van der Waals surface area contributed by atoms with E-state index in [0.29, 0.717) is 5.41 Å². The standard InChI is InChI=1S/C13H17ClFN/c1-9-6-10(7-11(15)12(9)14)2-3-13(8-16)4-5-13/h6-7H,2-5,8,16H2,1H3. The van der Waals surface area contributed by atoms with Gasteiger partial charge in [-0.1, -0.05) is 17.7 Å². The first-order valence-corrected chi connectivity index (χ1v) is 6.09. The second-order valence-electron chi connectivity index (χ2n) is 4.91. The molecule has 1 saturated carbocycles. The summed E-state index contributed by atoms with van der Waals surface area (Å²) in [6.45, 7) is 2.59. The van der Waals surface area contributed by atoms with Crippen LogP contribution in [0.2, 0.25) is 5.02 Å². The first kappa shape index (κ1) is 11.9. The van der Waals surface area contributed by atoms with E-state index in [1.54, 1.807) is 6.07 Å². The lowest BCUT2D eigenvalue weighted by Crippen LogP contribution is -2.16. The summed E-state index contributed by atoms with van der Waals surface area (Å²) in [4.78, 5) is 0. The Kier molecular flexibility index (Phi) is 3.22. The summed E-state index contributed by atoms with van der Waals surface area (Å²) < 4.78 is 13.4. The molecular formula is C13H17ClFN. The van der Waals surface area contributed by atoms with Gasteiger partial charge in [0.05, 0.1) is 5.02 Å². The van der Waals surface area contributed by atoms with Crippen LogP contribution in [-0.2, 0) is 6.42 Å². The molecule has 0 bridgehead atoms. The summed E-state index contributed by atoms with van der Waals surface area (Å²) in [5, 5.41) is 0.240. The average molecular weight is 242 g/mol. The van der Waals surface area contributed by atoms with Gasteiger partial charge in [-0.15, -0.1) is 0 Å². The van der Waals surface area contributed by atoms with Gasteiger partial charge in [0.15, 0.2) is 0 Å². The predicted octanol–water partition coefficient (Wildman–Crippen LogP) is 3.46. The molecule has 0 aromatic heterocycles. The zero-order chi connectivity index (χ0) is 11.8. The highest BCUT2D eigenvalue weighted by molar-refractivity contribution is 6.31. The van der Waals surface area contributed by atoms with Crippen molar-refractivity contribution in [2.45, 2.75) is 32.6 Å². The van der Waals surface area contributed by atoms with Crippen LogP contribution in [0.3, 0.4) is 0 Å². The smallest absolute Gasteiger partial charge is 0.142 e. The zero-order valence-electron chi connectivity index (χ0n) is 9.52. The van der Waals surface area contributed by atoms with Crippen molar-refractivity contribution >= 4 is 11.6 Å². The molecule has 1 aromatic carbocycles. The zero-order valence-corrected chi connectivity index (χ0v) is 10.3. The van der Waals surface area contributed by atoms with Crippen LogP contribution in [0.1, 0.15) is 30.4 Å². The maximum absolute atomic E-state index is 13.4. The van der Waals surface area contributed by atoms with Crippen LogP contribution in [0.4, 0.5) is 4.39 Å². The fraction of sp³-hybridized carbons (Fsp3) is 0.538. The Labute approximate surface area is 101 Å². The molecule has 0 spiro atoms. The van der Waals surface area contributed by atoms with Crippen molar-refractivity contribution in [2.24, 2.45) is 11.1 Å². The number of hydrogen-bond donors (Lipinski definition) is 1. The molecule has 1 aliphatic carbocycles. The Balaban J connectivity index is 2.05. The van der Waals surface area contributed by atoms with E-state index in [1.807, 2.05) is 13.0 Å². The maximum atomic E-state index is 13.4. The lowest BCUT2D eigenvalue weighted by Gasteiger charge is -2.12. The summed E-state index contributed by atoms with van der Waals surface area (Å²) in [7, 11) is 0. The van der Waals surface area contributed by atoms with E-state index >= 15 is 0 Å². The van der Waals surface area contributed by atoms with Crippen LogP contribution in [0.25, 0.3) is 0 Å². The third-order valence-electron chi connectivity index (χ3n) is 3.60. The van der Waals surface area contributed by atoms with Crippen LogP contribution in [0, 0.1) is 18.2 Å². The van der Waals surface area contributed by atoms with E-state index in [2.05, 4.69) is 0 Å². The van der Waals surface area contributed by atoms with Crippen molar-refractivity contribution < 1.29 is 4.39 Å². The molecule has 2 N–H and O–H groups in total. The minimum absolute atomic E-state index is 0.240. The van der Waals surface area contributed by atoms with E-state index in [-0.39, 0.29) is 10.8 Å². The molecule has 3 heteroatoms. The number of halogens is 2. The second kappa shape index (κ2) is 4.34. The topological polar surface area (TPSA) is 26.0 Å². The molecule has 0 unspecified atom stereocenters. The van der Waals surface area contributed by atoms with Crippen molar-refractivity contribution in [3.8, 4) is 0 Å². The van der Waals surface area contributed by atoms with Crippen molar-refractivity contribution in [1.29, 1.82) is 0 Å². The second-order valence-corrected chi connectivity index (χ2v) is 5.29. The molecule has 1 nitrogen and oxygen atoms in total. The fourth-order valence-corrected chi connectivity index (χ4v) is 2.19. The Morgan fingerprint density at radius 2 is 2.12 bits per heavy atom.